The monoisotopic (exact) mass is 487 g/mol. The van der Waals surface area contributed by atoms with Gasteiger partial charge in [0.1, 0.15) is 13.2 Å². The third-order valence-corrected chi connectivity index (χ3v) is 7.19. The molecule has 0 spiro atoms. The van der Waals surface area contributed by atoms with Crippen molar-refractivity contribution in [2.24, 2.45) is 0 Å². The van der Waals surface area contributed by atoms with Gasteiger partial charge in [0.05, 0.1) is 5.75 Å². The van der Waals surface area contributed by atoms with Crippen LogP contribution in [-0.4, -0.2) is 50.5 Å². The minimum Gasteiger partial charge on any atom is -0.486 e. The molecule has 3 aromatic carbocycles. The molecule has 1 aromatic heterocycles. The van der Waals surface area contributed by atoms with E-state index in [2.05, 4.69) is 63.9 Å². The van der Waals surface area contributed by atoms with Crippen molar-refractivity contribution in [3.8, 4) is 11.5 Å². The molecule has 1 atom stereocenters. The number of aromatic nitrogens is 1. The summed E-state index contributed by atoms with van der Waals surface area (Å²) < 4.78 is 11.2. The van der Waals surface area contributed by atoms with Crippen LogP contribution < -0.4 is 19.7 Å². The van der Waals surface area contributed by atoms with E-state index in [1.165, 1.54) is 28.3 Å². The molecule has 2 N–H and O–H groups in total. The van der Waals surface area contributed by atoms with E-state index in [0.29, 0.717) is 25.5 Å². The van der Waals surface area contributed by atoms with E-state index in [-0.39, 0.29) is 11.8 Å². The number of carbonyl (C=O) groups is 1. The van der Waals surface area contributed by atoms with Crippen molar-refractivity contribution >= 4 is 34.3 Å². The first-order valence-electron chi connectivity index (χ1n) is 11.7. The van der Waals surface area contributed by atoms with Crippen LogP contribution in [0.25, 0.3) is 10.9 Å². The first-order valence-corrected chi connectivity index (χ1v) is 12.7. The Labute approximate surface area is 209 Å². The summed E-state index contributed by atoms with van der Waals surface area (Å²) in [5.74, 6) is 1.86. The second-order valence-corrected chi connectivity index (χ2v) is 9.78. The zero-order valence-electron chi connectivity index (χ0n) is 19.9. The van der Waals surface area contributed by atoms with Crippen molar-refractivity contribution in [2.75, 3.05) is 44.5 Å². The predicted molar refractivity (Wildman–Crippen MR) is 142 cm³/mol. The summed E-state index contributed by atoms with van der Waals surface area (Å²) in [7, 11) is 4.07. The Balaban J connectivity index is 1.29. The molecule has 0 saturated heterocycles. The minimum absolute atomic E-state index is 0.000331. The molecule has 0 aliphatic carbocycles. The number of nitrogens with zero attached hydrogens (tertiary/aromatic N) is 1. The topological polar surface area (TPSA) is 66.6 Å². The van der Waals surface area contributed by atoms with Crippen molar-refractivity contribution < 1.29 is 14.3 Å². The van der Waals surface area contributed by atoms with Crippen LogP contribution in [0.4, 0.5) is 5.69 Å². The van der Waals surface area contributed by atoms with Gasteiger partial charge in [-0.25, -0.2) is 0 Å². The molecule has 35 heavy (non-hydrogen) atoms. The molecule has 1 amide bonds. The lowest BCUT2D eigenvalue weighted by molar-refractivity contribution is -0.118. The number of carbonyl (C=O) groups excluding carboxylic acids is 1. The number of para-hydroxylation sites is 1. The van der Waals surface area contributed by atoms with Crippen LogP contribution in [0.15, 0.2) is 77.8 Å². The first-order chi connectivity index (χ1) is 17.1. The maximum atomic E-state index is 12.8. The van der Waals surface area contributed by atoms with E-state index >= 15 is 0 Å². The van der Waals surface area contributed by atoms with Gasteiger partial charge in [0.15, 0.2) is 11.5 Å². The summed E-state index contributed by atoms with van der Waals surface area (Å²) in [5, 5.41) is 4.34. The van der Waals surface area contributed by atoms with Gasteiger partial charge < -0.3 is 24.7 Å². The van der Waals surface area contributed by atoms with Gasteiger partial charge in [-0.1, -0.05) is 30.3 Å². The van der Waals surface area contributed by atoms with E-state index in [0.717, 1.165) is 27.6 Å². The van der Waals surface area contributed by atoms with Crippen LogP contribution in [0.5, 0.6) is 11.5 Å². The van der Waals surface area contributed by atoms with Crippen LogP contribution in [-0.2, 0) is 4.79 Å². The Bertz CT molecular complexity index is 1320. The highest BCUT2D eigenvalue weighted by molar-refractivity contribution is 8.00. The Morgan fingerprint density at radius 1 is 1.03 bits per heavy atom. The molecule has 0 radical (unpaired) electrons. The summed E-state index contributed by atoms with van der Waals surface area (Å²) in [5.41, 5.74) is 4.59. The summed E-state index contributed by atoms with van der Waals surface area (Å²) >= 11 is 1.49. The Morgan fingerprint density at radius 2 is 1.80 bits per heavy atom. The predicted octanol–water partition coefficient (Wildman–Crippen LogP) is 5.05. The molecule has 7 heteroatoms. The number of amides is 1. The number of benzene rings is 3. The van der Waals surface area contributed by atoms with Gasteiger partial charge in [-0.2, -0.15) is 0 Å². The third-order valence-electron chi connectivity index (χ3n) is 6.20. The fraction of sp³-hybridized carbons (Fsp3) is 0.250. The van der Waals surface area contributed by atoms with Crippen LogP contribution in [0, 0.1) is 0 Å². The van der Waals surface area contributed by atoms with Crippen molar-refractivity contribution in [2.45, 2.75) is 10.8 Å². The molecule has 2 heterocycles. The molecule has 0 saturated carbocycles. The van der Waals surface area contributed by atoms with E-state index in [9.17, 15) is 4.79 Å². The number of rotatable bonds is 8. The molecule has 180 valence electrons. The van der Waals surface area contributed by atoms with Gasteiger partial charge in [0.2, 0.25) is 5.91 Å². The summed E-state index contributed by atoms with van der Waals surface area (Å²) in [4.78, 5) is 19.3. The highest BCUT2D eigenvalue weighted by Crippen LogP contribution is 2.34. The number of ether oxygens (including phenoxy) is 2. The Morgan fingerprint density at radius 3 is 2.60 bits per heavy atom. The zero-order valence-corrected chi connectivity index (χ0v) is 20.7. The molecule has 6 nitrogen and oxygen atoms in total. The number of anilines is 1. The first kappa shape index (κ1) is 23.2. The molecular weight excluding hydrogens is 458 g/mol. The highest BCUT2D eigenvalue weighted by Gasteiger charge is 2.20. The number of hydrogen-bond donors (Lipinski definition) is 2. The van der Waals surface area contributed by atoms with Gasteiger partial charge in [0, 0.05) is 54.2 Å². The lowest BCUT2D eigenvalue weighted by atomic mass is 9.90. The van der Waals surface area contributed by atoms with Crippen LogP contribution >= 0.6 is 11.8 Å². The highest BCUT2D eigenvalue weighted by atomic mass is 32.2. The lowest BCUT2D eigenvalue weighted by Crippen LogP contribution is -2.30. The quantitative estimate of drug-likeness (QED) is 0.341. The van der Waals surface area contributed by atoms with Gasteiger partial charge in [-0.05, 0) is 47.5 Å². The van der Waals surface area contributed by atoms with Crippen molar-refractivity contribution in [1.29, 1.82) is 0 Å². The molecular formula is C28H29N3O3S. The SMILES string of the molecule is CN(C)c1ccc([C@H](CNC(=O)CSc2ccc3c(c2)OCCO3)c2c[nH]c3ccccc23)cc1. The molecule has 0 unspecified atom stereocenters. The van der Waals surface area contributed by atoms with Gasteiger partial charge >= 0.3 is 0 Å². The number of fused-ring (bicyclic) bond motifs is 2. The molecule has 1 aliphatic heterocycles. The van der Waals surface area contributed by atoms with Gasteiger partial charge in [-0.3, -0.25) is 4.79 Å². The summed E-state index contributed by atoms with van der Waals surface area (Å²) in [6.07, 6.45) is 2.06. The van der Waals surface area contributed by atoms with Crippen molar-refractivity contribution in [3.63, 3.8) is 0 Å². The number of aromatic amines is 1. The Kier molecular flexibility index (Phi) is 6.86. The summed E-state index contributed by atoms with van der Waals surface area (Å²) in [6.45, 7) is 1.63. The average molecular weight is 488 g/mol. The Hall–Kier alpha value is -3.58. The van der Waals surface area contributed by atoms with Crippen LogP contribution in [0.3, 0.4) is 0 Å². The second-order valence-electron chi connectivity index (χ2n) is 8.73. The van der Waals surface area contributed by atoms with Crippen LogP contribution in [0.1, 0.15) is 17.0 Å². The number of hydrogen-bond acceptors (Lipinski definition) is 5. The normalized spacial score (nSPS) is 13.4. The number of H-pyrrole nitrogens is 1. The molecule has 5 rings (SSSR count). The third kappa shape index (κ3) is 5.25. The molecule has 1 aliphatic rings. The van der Waals surface area contributed by atoms with Gasteiger partial charge in [-0.15, -0.1) is 11.8 Å². The fourth-order valence-electron chi connectivity index (χ4n) is 4.32. The fourth-order valence-corrected chi connectivity index (χ4v) is 5.08. The van der Waals surface area contributed by atoms with E-state index in [4.69, 9.17) is 9.47 Å². The van der Waals surface area contributed by atoms with Crippen molar-refractivity contribution in [3.05, 3.63) is 84.1 Å². The minimum atomic E-state index is -0.000331. The van der Waals surface area contributed by atoms with E-state index < -0.39 is 0 Å². The second kappa shape index (κ2) is 10.4. The molecule has 0 fully saturated rings. The smallest absolute Gasteiger partial charge is 0.230 e. The standard InChI is InChI=1S/C28H29N3O3S/c1-31(2)20-9-7-19(8-10-20)23(24-17-29-25-6-4-3-5-22(24)25)16-30-28(32)18-35-21-11-12-26-27(15-21)34-14-13-33-26/h3-12,15,17,23,29H,13-14,16,18H2,1-2H3,(H,30,32)/t23-/m0/s1. The van der Waals surface area contributed by atoms with E-state index in [1.807, 2.05) is 38.4 Å². The number of nitrogens with one attached hydrogen (secondary N) is 2. The van der Waals surface area contributed by atoms with E-state index in [1.54, 1.807) is 0 Å². The summed E-state index contributed by atoms with van der Waals surface area (Å²) in [6, 6.07) is 22.6. The van der Waals surface area contributed by atoms with Crippen molar-refractivity contribution in [1.82, 2.24) is 10.3 Å². The molecule has 4 aromatic rings. The largest absolute Gasteiger partial charge is 0.486 e. The zero-order chi connectivity index (χ0) is 24.2. The van der Waals surface area contributed by atoms with Gasteiger partial charge in [0.25, 0.3) is 0 Å². The average Bonchev–Trinajstić information content (AvgIpc) is 3.32. The molecule has 0 bridgehead atoms. The maximum absolute atomic E-state index is 12.8. The lowest BCUT2D eigenvalue weighted by Gasteiger charge is -2.20. The number of thioether (sulfide) groups is 1. The van der Waals surface area contributed by atoms with Crippen LogP contribution in [0.2, 0.25) is 0 Å². The maximum Gasteiger partial charge on any atom is 0.230 e.